The van der Waals surface area contributed by atoms with E-state index in [2.05, 4.69) is 25.3 Å². The van der Waals surface area contributed by atoms with Crippen molar-refractivity contribution in [2.75, 3.05) is 40.4 Å². The van der Waals surface area contributed by atoms with Crippen LogP contribution in [0.2, 0.25) is 0 Å². The van der Waals surface area contributed by atoms with Crippen molar-refractivity contribution >= 4 is 33.3 Å². The second-order valence-electron chi connectivity index (χ2n) is 9.60. The number of aliphatic hydroxyl groups excluding tert-OH is 1. The number of pyridine rings is 1. The number of carbonyl (C=O) groups excluding carboxylic acids is 1. The van der Waals surface area contributed by atoms with Gasteiger partial charge < -0.3 is 15.3 Å². The first-order valence-corrected chi connectivity index (χ1v) is 13.4. The molecule has 2 aromatic rings. The van der Waals surface area contributed by atoms with Gasteiger partial charge in [-0.1, -0.05) is 12.1 Å². The molecule has 1 aromatic carbocycles. The fraction of sp³-hybridized carbons (Fsp3) is 0.478. The summed E-state index contributed by atoms with van der Waals surface area (Å²) >= 11 is 0. The Labute approximate surface area is 211 Å². The minimum absolute atomic E-state index is 0.00205. The molecule has 0 unspecified atom stereocenters. The quantitative estimate of drug-likeness (QED) is 0.470. The fourth-order valence-electron chi connectivity index (χ4n) is 4.58. The molecule has 3 aliphatic rings. The Hall–Kier alpha value is -3.26. The highest BCUT2D eigenvalue weighted by atomic mass is 32.2. The fourth-order valence-corrected chi connectivity index (χ4v) is 5.35. The smallest absolute Gasteiger partial charge is 0.395 e. The number of aliphatic hydroxyl groups is 1. The van der Waals surface area contributed by atoms with E-state index in [1.807, 2.05) is 4.90 Å². The third kappa shape index (κ3) is 5.12. The molecule has 2 fully saturated rings. The molecule has 1 aliphatic carbocycles. The Balaban J connectivity index is 1.41. The number of amides is 1. The Bertz CT molecular complexity index is 1340. The van der Waals surface area contributed by atoms with Crippen LogP contribution in [0.3, 0.4) is 0 Å². The zero-order chi connectivity index (χ0) is 26.5. The van der Waals surface area contributed by atoms with Crippen molar-refractivity contribution in [2.45, 2.75) is 37.5 Å². The molecule has 3 heterocycles. The normalized spacial score (nSPS) is 19.5. The summed E-state index contributed by atoms with van der Waals surface area (Å²) in [5.41, 5.74) is -2.21. The number of halogens is 3. The molecule has 5 rings (SSSR count). The molecule has 0 radical (unpaired) electrons. The van der Waals surface area contributed by atoms with Crippen LogP contribution in [0.4, 0.5) is 30.5 Å². The van der Waals surface area contributed by atoms with E-state index in [4.69, 9.17) is 5.11 Å². The lowest BCUT2D eigenvalue weighted by Crippen LogP contribution is -2.36. The van der Waals surface area contributed by atoms with Gasteiger partial charge in [-0.25, -0.2) is 13.4 Å². The zero-order valence-corrected chi connectivity index (χ0v) is 20.4. The monoisotopic (exact) mass is 538 g/mol. The number of benzene rings is 1. The van der Waals surface area contributed by atoms with E-state index in [0.717, 1.165) is 25.7 Å². The number of alkyl halides is 3. The predicted octanol–water partition coefficient (Wildman–Crippen LogP) is 3.63. The minimum Gasteiger partial charge on any atom is -0.395 e. The van der Waals surface area contributed by atoms with Gasteiger partial charge in [0.1, 0.15) is 11.6 Å². The van der Waals surface area contributed by atoms with Crippen LogP contribution < -0.4 is 14.9 Å². The van der Waals surface area contributed by atoms with Gasteiger partial charge in [0.2, 0.25) is 10.0 Å². The van der Waals surface area contributed by atoms with Crippen molar-refractivity contribution in [3.63, 3.8) is 0 Å². The average Bonchev–Trinajstić information content (AvgIpc) is 3.75. The maximum absolute atomic E-state index is 13.4. The van der Waals surface area contributed by atoms with Gasteiger partial charge >= 0.3 is 11.8 Å². The highest BCUT2D eigenvalue weighted by Crippen LogP contribution is 2.54. The topological polar surface area (TPSA) is 136 Å². The van der Waals surface area contributed by atoms with Crippen LogP contribution in [-0.4, -0.2) is 56.0 Å². The Kier molecular flexibility index (Phi) is 6.14. The lowest BCUT2D eigenvalue weighted by molar-refractivity contribution is -0.166. The van der Waals surface area contributed by atoms with Gasteiger partial charge in [-0.15, -0.1) is 10.2 Å². The van der Waals surface area contributed by atoms with Gasteiger partial charge in [0, 0.05) is 24.3 Å². The van der Waals surface area contributed by atoms with Crippen LogP contribution in [0.5, 0.6) is 0 Å². The van der Waals surface area contributed by atoms with E-state index < -0.39 is 40.1 Å². The largest absolute Gasteiger partial charge is 0.442 e. The number of hydrogen-bond acceptors (Lipinski definition) is 8. The number of nitrogens with zero attached hydrogens (tertiary/aromatic N) is 4. The summed E-state index contributed by atoms with van der Waals surface area (Å²) in [6.45, 7) is 0.700. The lowest BCUT2D eigenvalue weighted by atomic mass is 9.93. The van der Waals surface area contributed by atoms with Gasteiger partial charge in [-0.2, -0.15) is 13.2 Å². The van der Waals surface area contributed by atoms with Gasteiger partial charge in [0.25, 0.3) is 5.91 Å². The second kappa shape index (κ2) is 8.94. The molecule has 0 bridgehead atoms. The number of piperidine rings is 1. The van der Waals surface area contributed by atoms with Crippen molar-refractivity contribution in [1.82, 2.24) is 4.98 Å². The van der Waals surface area contributed by atoms with Gasteiger partial charge in [-0.3, -0.25) is 9.52 Å². The first-order valence-electron chi connectivity index (χ1n) is 11.8. The van der Waals surface area contributed by atoms with Crippen molar-refractivity contribution in [3.8, 4) is 0 Å². The van der Waals surface area contributed by atoms with Crippen molar-refractivity contribution in [1.29, 1.82) is 0 Å². The molecule has 0 atom stereocenters. The summed E-state index contributed by atoms with van der Waals surface area (Å²) in [5, 5.41) is 18.0. The van der Waals surface area contributed by atoms with Gasteiger partial charge in [0.05, 0.1) is 17.9 Å². The highest BCUT2D eigenvalue weighted by molar-refractivity contribution is 7.92. The molecule has 198 valence electrons. The van der Waals surface area contributed by atoms with E-state index >= 15 is 0 Å². The molecule has 2 aliphatic heterocycles. The van der Waals surface area contributed by atoms with Crippen molar-refractivity contribution < 1.29 is 31.5 Å². The van der Waals surface area contributed by atoms with E-state index in [1.165, 1.54) is 36.4 Å². The number of hydrogen-bond donors (Lipinski definition) is 3. The Morgan fingerprint density at radius 1 is 1.08 bits per heavy atom. The Morgan fingerprint density at radius 2 is 1.78 bits per heavy atom. The number of carbonyl (C=O) groups is 1. The number of aromatic nitrogens is 1. The number of nitrogens with one attached hydrogen (secondary N) is 2. The first kappa shape index (κ1) is 25.4. The third-order valence-electron chi connectivity index (χ3n) is 7.04. The number of anilines is 3. The summed E-state index contributed by atoms with van der Waals surface area (Å²) < 4.78 is 66.8. The summed E-state index contributed by atoms with van der Waals surface area (Å²) in [6.07, 6.45) is -0.525. The summed E-state index contributed by atoms with van der Waals surface area (Å²) in [4.78, 5) is 19.6. The van der Waals surface area contributed by atoms with Crippen LogP contribution in [0.15, 0.2) is 46.6 Å². The van der Waals surface area contributed by atoms with Gasteiger partial charge in [-0.05, 0) is 55.4 Å². The van der Waals surface area contributed by atoms with E-state index in [-0.39, 0.29) is 28.5 Å². The van der Waals surface area contributed by atoms with Crippen LogP contribution in [0, 0.1) is 5.41 Å². The van der Waals surface area contributed by atoms with E-state index in [1.54, 1.807) is 0 Å². The van der Waals surface area contributed by atoms with Crippen LogP contribution >= 0.6 is 0 Å². The summed E-state index contributed by atoms with van der Waals surface area (Å²) in [6, 6.07) is 7.99. The molecule has 3 N–H and O–H groups in total. The molecular formula is C23H25F3N6O4S. The molecule has 1 saturated heterocycles. The maximum Gasteiger partial charge on any atom is 0.442 e. The lowest BCUT2D eigenvalue weighted by Gasteiger charge is -2.34. The van der Waals surface area contributed by atoms with E-state index in [9.17, 15) is 26.4 Å². The second-order valence-corrected chi connectivity index (χ2v) is 11.4. The Morgan fingerprint density at radius 3 is 2.38 bits per heavy atom. The highest BCUT2D eigenvalue weighted by Gasteiger charge is 2.65. The molecule has 10 nitrogen and oxygen atoms in total. The van der Waals surface area contributed by atoms with E-state index in [0.29, 0.717) is 18.5 Å². The summed E-state index contributed by atoms with van der Waals surface area (Å²) in [5.74, 6) is -0.848. The first-order chi connectivity index (χ1) is 17.5. The van der Waals surface area contributed by atoms with Crippen LogP contribution in [0.25, 0.3) is 0 Å². The van der Waals surface area contributed by atoms with Crippen LogP contribution in [-0.2, 0) is 15.7 Å². The number of rotatable bonds is 8. The van der Waals surface area contributed by atoms with Crippen molar-refractivity contribution in [2.24, 2.45) is 15.6 Å². The van der Waals surface area contributed by atoms with Crippen LogP contribution in [0.1, 0.15) is 41.6 Å². The predicted molar refractivity (Wildman–Crippen MR) is 129 cm³/mol. The molecule has 14 heteroatoms. The third-order valence-corrected chi connectivity index (χ3v) is 8.28. The molecular weight excluding hydrogens is 513 g/mol. The standard InChI is InChI=1S/C23H25F3N6O4S/c24-23(25,26)22(30-31-22)15-2-1-3-16(14-15)27-20(34)17-4-5-18(29-37(35,36)13-12-33)28-19(17)32-10-8-21(6-7-21)9-11-32/h1-5,14,33H,6-13H2,(H,27,34)(H,28,29). The number of sulfonamides is 1. The molecule has 37 heavy (non-hydrogen) atoms. The average molecular weight is 539 g/mol. The zero-order valence-electron chi connectivity index (χ0n) is 19.6. The molecule has 1 saturated carbocycles. The SMILES string of the molecule is O=C(Nc1cccc(C2(C(F)(F)F)N=N2)c1)c1ccc(NS(=O)(=O)CCO)nc1N1CCC2(CC1)CC2. The summed E-state index contributed by atoms with van der Waals surface area (Å²) in [7, 11) is -3.84. The maximum atomic E-state index is 13.4. The molecule has 1 spiro atoms. The van der Waals surface area contributed by atoms with Gasteiger partial charge in [0.15, 0.2) is 0 Å². The molecule has 1 aromatic heterocycles. The van der Waals surface area contributed by atoms with Crippen molar-refractivity contribution in [3.05, 3.63) is 47.5 Å². The molecule has 1 amide bonds. The minimum atomic E-state index is -4.70.